The molecule has 7 heteroatoms. The summed E-state index contributed by atoms with van der Waals surface area (Å²) in [6.45, 7) is 3.76. The largest absolute Gasteiger partial charge is 0.495 e. The molecule has 1 aromatic rings. The lowest BCUT2D eigenvalue weighted by molar-refractivity contribution is -0.140. The number of ether oxygens (including phenoxy) is 1. The number of carboxylic acid groups (broad SMARTS) is 1. The minimum Gasteiger partial charge on any atom is -0.495 e. The molecule has 1 fully saturated rings. The summed E-state index contributed by atoms with van der Waals surface area (Å²) < 4.78 is 31.9. The average Bonchev–Trinajstić information content (AvgIpc) is 2.87. The third-order valence-electron chi connectivity index (χ3n) is 3.66. The van der Waals surface area contributed by atoms with E-state index >= 15 is 0 Å². The summed E-state index contributed by atoms with van der Waals surface area (Å²) >= 11 is 0. The standard InChI is InChI=1S/C14H19NO5S/c1-9-7-10(2)13(12(8-9)20-3)21(18,19)15-6-4-5-11(15)14(16)17/h7-8,11H,4-6H2,1-3H3,(H,16,17)/t11-/m1/s1. The van der Waals surface area contributed by atoms with Crippen molar-refractivity contribution in [3.63, 3.8) is 0 Å². The highest BCUT2D eigenvalue weighted by Gasteiger charge is 2.41. The molecule has 2 rings (SSSR count). The number of hydrogen-bond acceptors (Lipinski definition) is 4. The van der Waals surface area contributed by atoms with Gasteiger partial charge in [0, 0.05) is 6.54 Å². The first-order chi connectivity index (χ1) is 9.78. The van der Waals surface area contributed by atoms with E-state index in [4.69, 9.17) is 4.74 Å². The van der Waals surface area contributed by atoms with Crippen LogP contribution in [0.4, 0.5) is 0 Å². The minimum absolute atomic E-state index is 0.0590. The van der Waals surface area contributed by atoms with Gasteiger partial charge in [-0.2, -0.15) is 4.31 Å². The maximum atomic E-state index is 12.8. The number of aryl methyl sites for hydroxylation is 2. The Morgan fingerprint density at radius 2 is 2.05 bits per heavy atom. The molecule has 1 aliphatic rings. The number of hydrogen-bond donors (Lipinski definition) is 1. The Morgan fingerprint density at radius 1 is 1.38 bits per heavy atom. The second kappa shape index (κ2) is 5.65. The number of aliphatic carboxylic acids is 1. The summed E-state index contributed by atoms with van der Waals surface area (Å²) in [5.41, 5.74) is 1.45. The summed E-state index contributed by atoms with van der Waals surface area (Å²) in [7, 11) is -2.49. The van der Waals surface area contributed by atoms with Crippen molar-refractivity contribution in [2.24, 2.45) is 0 Å². The van der Waals surface area contributed by atoms with Gasteiger partial charge >= 0.3 is 5.97 Å². The van der Waals surface area contributed by atoms with Crippen LogP contribution in [0.5, 0.6) is 5.75 Å². The SMILES string of the molecule is COc1cc(C)cc(C)c1S(=O)(=O)N1CCC[C@@H]1C(=O)O. The number of carboxylic acids is 1. The summed E-state index contributed by atoms with van der Waals surface area (Å²) in [4.78, 5) is 11.3. The highest BCUT2D eigenvalue weighted by atomic mass is 32.2. The van der Waals surface area contributed by atoms with Crippen molar-refractivity contribution in [2.45, 2.75) is 37.6 Å². The predicted octanol–water partition coefficient (Wildman–Crippen LogP) is 1.55. The molecule has 0 spiro atoms. The van der Waals surface area contributed by atoms with Crippen LogP contribution in [0, 0.1) is 13.8 Å². The quantitative estimate of drug-likeness (QED) is 0.911. The van der Waals surface area contributed by atoms with Gasteiger partial charge in [0.25, 0.3) is 0 Å². The average molecular weight is 313 g/mol. The number of nitrogens with zero attached hydrogens (tertiary/aromatic N) is 1. The zero-order valence-electron chi connectivity index (χ0n) is 12.3. The van der Waals surface area contributed by atoms with E-state index < -0.39 is 22.0 Å². The topological polar surface area (TPSA) is 83.9 Å². The zero-order valence-corrected chi connectivity index (χ0v) is 13.1. The normalized spacial score (nSPS) is 19.7. The van der Waals surface area contributed by atoms with Gasteiger partial charge in [-0.15, -0.1) is 0 Å². The van der Waals surface area contributed by atoms with Crippen LogP contribution in [0.25, 0.3) is 0 Å². The molecular weight excluding hydrogens is 294 g/mol. The Morgan fingerprint density at radius 3 is 2.62 bits per heavy atom. The molecule has 1 aliphatic heterocycles. The molecule has 0 aliphatic carbocycles. The van der Waals surface area contributed by atoms with Crippen LogP contribution in [0.3, 0.4) is 0 Å². The van der Waals surface area contributed by atoms with Gasteiger partial charge in [-0.25, -0.2) is 8.42 Å². The van der Waals surface area contributed by atoms with Crippen molar-refractivity contribution in [3.8, 4) is 5.75 Å². The van der Waals surface area contributed by atoms with Gasteiger partial charge in [0.15, 0.2) is 0 Å². The molecule has 0 bridgehead atoms. The van der Waals surface area contributed by atoms with Crippen molar-refractivity contribution < 1.29 is 23.1 Å². The van der Waals surface area contributed by atoms with Crippen LogP contribution in [-0.4, -0.2) is 43.5 Å². The van der Waals surface area contributed by atoms with Crippen molar-refractivity contribution in [2.75, 3.05) is 13.7 Å². The molecule has 1 aromatic carbocycles. The van der Waals surface area contributed by atoms with E-state index in [-0.39, 0.29) is 17.2 Å². The van der Waals surface area contributed by atoms with Gasteiger partial charge in [0.2, 0.25) is 10.0 Å². The number of sulfonamides is 1. The number of carbonyl (C=O) groups is 1. The van der Waals surface area contributed by atoms with E-state index in [0.717, 1.165) is 9.87 Å². The Hall–Kier alpha value is -1.60. The van der Waals surface area contributed by atoms with Crippen LogP contribution in [0.1, 0.15) is 24.0 Å². The van der Waals surface area contributed by atoms with Crippen LogP contribution in [0.15, 0.2) is 17.0 Å². The van der Waals surface area contributed by atoms with Gasteiger partial charge < -0.3 is 9.84 Å². The first-order valence-corrected chi connectivity index (χ1v) is 8.13. The fraction of sp³-hybridized carbons (Fsp3) is 0.500. The van der Waals surface area contributed by atoms with E-state index in [1.165, 1.54) is 7.11 Å². The Labute approximate surface area is 124 Å². The Balaban J connectivity index is 2.57. The van der Waals surface area contributed by atoms with Gasteiger partial charge in [-0.3, -0.25) is 4.79 Å². The fourth-order valence-electron chi connectivity index (χ4n) is 2.79. The second-order valence-corrected chi connectivity index (χ2v) is 7.05. The molecule has 0 amide bonds. The maximum Gasteiger partial charge on any atom is 0.322 e. The minimum atomic E-state index is -3.90. The molecule has 0 saturated carbocycles. The molecule has 0 aromatic heterocycles. The molecule has 1 heterocycles. The van der Waals surface area contributed by atoms with Crippen molar-refractivity contribution in [3.05, 3.63) is 23.3 Å². The van der Waals surface area contributed by atoms with Gasteiger partial charge in [-0.05, 0) is 43.9 Å². The third-order valence-corrected chi connectivity index (χ3v) is 5.75. The molecule has 6 nitrogen and oxygen atoms in total. The van der Waals surface area contributed by atoms with E-state index in [2.05, 4.69) is 0 Å². The van der Waals surface area contributed by atoms with Crippen LogP contribution >= 0.6 is 0 Å². The second-order valence-electron chi connectivity index (χ2n) is 5.23. The highest BCUT2D eigenvalue weighted by Crippen LogP contribution is 2.34. The molecule has 1 N–H and O–H groups in total. The molecule has 1 atom stereocenters. The van der Waals surface area contributed by atoms with Crippen LogP contribution in [0.2, 0.25) is 0 Å². The fourth-order valence-corrected chi connectivity index (χ4v) is 4.79. The lowest BCUT2D eigenvalue weighted by atomic mass is 10.1. The smallest absolute Gasteiger partial charge is 0.322 e. The number of benzene rings is 1. The zero-order chi connectivity index (χ0) is 15.8. The van der Waals surface area contributed by atoms with Gasteiger partial charge in [-0.1, -0.05) is 6.07 Å². The molecule has 21 heavy (non-hydrogen) atoms. The molecular formula is C14H19NO5S. The predicted molar refractivity (Wildman–Crippen MR) is 77.0 cm³/mol. The maximum absolute atomic E-state index is 12.8. The number of rotatable bonds is 4. The highest BCUT2D eigenvalue weighted by molar-refractivity contribution is 7.89. The van der Waals surface area contributed by atoms with E-state index in [1.807, 2.05) is 6.92 Å². The third kappa shape index (κ3) is 2.75. The first-order valence-electron chi connectivity index (χ1n) is 6.69. The molecule has 1 saturated heterocycles. The van der Waals surface area contributed by atoms with E-state index in [9.17, 15) is 18.3 Å². The van der Waals surface area contributed by atoms with E-state index in [1.54, 1.807) is 19.1 Å². The van der Waals surface area contributed by atoms with E-state index in [0.29, 0.717) is 18.4 Å². The molecule has 116 valence electrons. The number of methoxy groups -OCH3 is 1. The molecule has 0 unspecified atom stereocenters. The molecule has 0 radical (unpaired) electrons. The monoisotopic (exact) mass is 313 g/mol. The summed E-state index contributed by atoms with van der Waals surface area (Å²) in [6.07, 6.45) is 0.880. The van der Waals surface area contributed by atoms with Crippen molar-refractivity contribution >= 4 is 16.0 Å². The lowest BCUT2D eigenvalue weighted by Crippen LogP contribution is -2.40. The van der Waals surface area contributed by atoms with Crippen LogP contribution < -0.4 is 4.74 Å². The van der Waals surface area contributed by atoms with Gasteiger partial charge in [0.1, 0.15) is 16.7 Å². The Bertz CT molecular complexity index is 668. The first kappa shape index (κ1) is 15.8. The van der Waals surface area contributed by atoms with Crippen LogP contribution in [-0.2, 0) is 14.8 Å². The Kier molecular flexibility index (Phi) is 4.25. The van der Waals surface area contributed by atoms with Crippen molar-refractivity contribution in [1.82, 2.24) is 4.31 Å². The lowest BCUT2D eigenvalue weighted by Gasteiger charge is -2.23. The summed E-state index contributed by atoms with van der Waals surface area (Å²) in [6, 6.07) is 2.40. The summed E-state index contributed by atoms with van der Waals surface area (Å²) in [5, 5.41) is 9.20. The van der Waals surface area contributed by atoms with Crippen molar-refractivity contribution in [1.29, 1.82) is 0 Å². The van der Waals surface area contributed by atoms with Gasteiger partial charge in [0.05, 0.1) is 7.11 Å². The summed E-state index contributed by atoms with van der Waals surface area (Å²) in [5.74, 6) is -0.858.